The second-order valence-corrected chi connectivity index (χ2v) is 5.32. The van der Waals surface area contributed by atoms with E-state index in [9.17, 15) is 13.2 Å². The van der Waals surface area contributed by atoms with Crippen molar-refractivity contribution in [2.75, 3.05) is 17.2 Å². The van der Waals surface area contributed by atoms with Crippen LogP contribution in [0.15, 0.2) is 18.2 Å². The van der Waals surface area contributed by atoms with E-state index < -0.39 is 11.7 Å². The van der Waals surface area contributed by atoms with Crippen molar-refractivity contribution >= 4 is 11.4 Å². The topological polar surface area (TPSA) is 29.3 Å². The number of rotatable bonds is 1. The SMILES string of the molecule is CC1CCCN(c2ccc(N)c(C(F)(F)F)c2)C1C. The summed E-state index contributed by atoms with van der Waals surface area (Å²) in [6.07, 6.45) is -2.26. The fraction of sp³-hybridized carbons (Fsp3) is 0.571. The maximum atomic E-state index is 12.9. The summed E-state index contributed by atoms with van der Waals surface area (Å²) < 4.78 is 38.6. The average molecular weight is 272 g/mol. The lowest BCUT2D eigenvalue weighted by atomic mass is 9.91. The van der Waals surface area contributed by atoms with Crippen molar-refractivity contribution in [2.24, 2.45) is 5.92 Å². The minimum absolute atomic E-state index is 0.214. The number of nitrogens with zero attached hydrogens (tertiary/aromatic N) is 1. The molecule has 2 N–H and O–H groups in total. The number of anilines is 2. The van der Waals surface area contributed by atoms with E-state index in [2.05, 4.69) is 13.8 Å². The highest BCUT2D eigenvalue weighted by Crippen LogP contribution is 2.37. The summed E-state index contributed by atoms with van der Waals surface area (Å²) in [5.74, 6) is 0.487. The lowest BCUT2D eigenvalue weighted by molar-refractivity contribution is -0.136. The van der Waals surface area contributed by atoms with Crippen LogP contribution in [-0.4, -0.2) is 12.6 Å². The molecule has 1 aliphatic rings. The first-order valence-electron chi connectivity index (χ1n) is 6.54. The van der Waals surface area contributed by atoms with Crippen LogP contribution in [0.5, 0.6) is 0 Å². The number of nitrogens with two attached hydrogens (primary N) is 1. The van der Waals surface area contributed by atoms with Gasteiger partial charge in [-0.05, 0) is 43.9 Å². The quantitative estimate of drug-likeness (QED) is 0.785. The van der Waals surface area contributed by atoms with Crippen molar-refractivity contribution in [2.45, 2.75) is 38.9 Å². The zero-order chi connectivity index (χ0) is 14.2. The van der Waals surface area contributed by atoms with Gasteiger partial charge < -0.3 is 10.6 Å². The van der Waals surface area contributed by atoms with E-state index in [1.54, 1.807) is 6.07 Å². The minimum atomic E-state index is -4.40. The monoisotopic (exact) mass is 272 g/mol. The molecule has 0 spiro atoms. The second-order valence-electron chi connectivity index (χ2n) is 5.32. The standard InChI is InChI=1S/C14H19F3N2/c1-9-4-3-7-19(10(9)2)11-5-6-13(18)12(8-11)14(15,16)17/h5-6,8-10H,3-4,7,18H2,1-2H3. The molecule has 0 aromatic heterocycles. The van der Waals surface area contributed by atoms with Gasteiger partial charge in [-0.15, -0.1) is 0 Å². The molecule has 1 aromatic carbocycles. The second kappa shape index (κ2) is 4.94. The van der Waals surface area contributed by atoms with E-state index >= 15 is 0 Å². The van der Waals surface area contributed by atoms with Gasteiger partial charge in [0.05, 0.1) is 5.56 Å². The molecular formula is C14H19F3N2. The summed E-state index contributed by atoms with van der Waals surface area (Å²) in [6.45, 7) is 5.00. The van der Waals surface area contributed by atoms with Gasteiger partial charge in [-0.3, -0.25) is 0 Å². The molecule has 1 heterocycles. The van der Waals surface area contributed by atoms with Crippen LogP contribution in [0.2, 0.25) is 0 Å². The zero-order valence-corrected chi connectivity index (χ0v) is 11.2. The van der Waals surface area contributed by atoms with Crippen LogP contribution >= 0.6 is 0 Å². The molecule has 0 amide bonds. The molecule has 2 atom stereocenters. The highest BCUT2D eigenvalue weighted by molar-refractivity contribution is 5.60. The summed E-state index contributed by atoms with van der Waals surface area (Å²) >= 11 is 0. The van der Waals surface area contributed by atoms with Gasteiger partial charge in [-0.25, -0.2) is 0 Å². The third kappa shape index (κ3) is 2.80. The molecule has 0 saturated carbocycles. The van der Waals surface area contributed by atoms with Crippen LogP contribution in [0.1, 0.15) is 32.3 Å². The lowest BCUT2D eigenvalue weighted by Crippen LogP contribution is -2.42. The fourth-order valence-electron chi connectivity index (χ4n) is 2.67. The number of alkyl halides is 3. The molecular weight excluding hydrogens is 253 g/mol. The third-order valence-corrected chi connectivity index (χ3v) is 4.05. The summed E-state index contributed by atoms with van der Waals surface area (Å²) in [4.78, 5) is 2.04. The highest BCUT2D eigenvalue weighted by atomic mass is 19.4. The smallest absolute Gasteiger partial charge is 0.398 e. The van der Waals surface area contributed by atoms with Crippen molar-refractivity contribution in [3.8, 4) is 0 Å². The summed E-state index contributed by atoms with van der Waals surface area (Å²) in [5, 5.41) is 0. The van der Waals surface area contributed by atoms with Crippen LogP contribution in [0.4, 0.5) is 24.5 Å². The molecule has 1 aromatic rings. The molecule has 0 radical (unpaired) electrons. The molecule has 1 aliphatic heterocycles. The van der Waals surface area contributed by atoms with Crippen molar-refractivity contribution in [1.29, 1.82) is 0 Å². The van der Waals surface area contributed by atoms with Gasteiger partial charge >= 0.3 is 6.18 Å². The van der Waals surface area contributed by atoms with Gasteiger partial charge in [0.2, 0.25) is 0 Å². The number of benzene rings is 1. The van der Waals surface area contributed by atoms with E-state index in [1.165, 1.54) is 12.1 Å². The van der Waals surface area contributed by atoms with E-state index in [0.717, 1.165) is 19.4 Å². The number of halogens is 3. The molecule has 2 unspecified atom stereocenters. The van der Waals surface area contributed by atoms with E-state index in [1.807, 2.05) is 4.90 Å². The Morgan fingerprint density at radius 1 is 1.26 bits per heavy atom. The Hall–Kier alpha value is -1.39. The van der Waals surface area contributed by atoms with Gasteiger partial charge in [-0.2, -0.15) is 13.2 Å². The summed E-state index contributed by atoms with van der Waals surface area (Å²) in [5.41, 5.74) is 5.09. The van der Waals surface area contributed by atoms with Crippen LogP contribution < -0.4 is 10.6 Å². The molecule has 106 valence electrons. The molecule has 19 heavy (non-hydrogen) atoms. The number of hydrogen-bond acceptors (Lipinski definition) is 2. The van der Waals surface area contributed by atoms with Crippen molar-refractivity contribution in [3.63, 3.8) is 0 Å². The first-order chi connectivity index (χ1) is 8.80. The lowest BCUT2D eigenvalue weighted by Gasteiger charge is -2.40. The van der Waals surface area contributed by atoms with Crippen LogP contribution in [0, 0.1) is 5.92 Å². The first-order valence-corrected chi connectivity index (χ1v) is 6.54. The number of piperidine rings is 1. The van der Waals surface area contributed by atoms with E-state index in [-0.39, 0.29) is 11.7 Å². The van der Waals surface area contributed by atoms with Gasteiger partial charge in [0.15, 0.2) is 0 Å². The van der Waals surface area contributed by atoms with E-state index in [0.29, 0.717) is 11.6 Å². The fourth-order valence-corrected chi connectivity index (χ4v) is 2.67. The summed E-state index contributed by atoms with van der Waals surface area (Å²) in [6, 6.07) is 4.45. The molecule has 1 fully saturated rings. The average Bonchev–Trinajstić information content (AvgIpc) is 2.32. The largest absolute Gasteiger partial charge is 0.418 e. The minimum Gasteiger partial charge on any atom is -0.398 e. The highest BCUT2D eigenvalue weighted by Gasteiger charge is 2.34. The van der Waals surface area contributed by atoms with Crippen LogP contribution in [-0.2, 0) is 6.18 Å². The Kier molecular flexibility index (Phi) is 3.65. The molecule has 2 rings (SSSR count). The predicted molar refractivity (Wildman–Crippen MR) is 71.1 cm³/mol. The van der Waals surface area contributed by atoms with E-state index in [4.69, 9.17) is 5.73 Å². The number of nitrogen functional groups attached to an aromatic ring is 1. The van der Waals surface area contributed by atoms with Crippen molar-refractivity contribution in [1.82, 2.24) is 0 Å². The van der Waals surface area contributed by atoms with Gasteiger partial charge in [-0.1, -0.05) is 6.92 Å². The van der Waals surface area contributed by atoms with Gasteiger partial charge in [0.25, 0.3) is 0 Å². The Balaban J connectivity index is 2.35. The molecule has 1 saturated heterocycles. The van der Waals surface area contributed by atoms with Gasteiger partial charge in [0.1, 0.15) is 0 Å². The number of hydrogen-bond donors (Lipinski definition) is 1. The van der Waals surface area contributed by atoms with Crippen molar-refractivity contribution < 1.29 is 13.2 Å². The summed E-state index contributed by atoms with van der Waals surface area (Å²) in [7, 11) is 0. The van der Waals surface area contributed by atoms with Crippen LogP contribution in [0.3, 0.4) is 0 Å². The third-order valence-electron chi connectivity index (χ3n) is 4.05. The maximum Gasteiger partial charge on any atom is 0.418 e. The Morgan fingerprint density at radius 2 is 1.95 bits per heavy atom. The molecule has 0 bridgehead atoms. The van der Waals surface area contributed by atoms with Crippen molar-refractivity contribution in [3.05, 3.63) is 23.8 Å². The maximum absolute atomic E-state index is 12.9. The Labute approximate surface area is 111 Å². The first kappa shape index (κ1) is 14.0. The molecule has 5 heteroatoms. The Morgan fingerprint density at radius 3 is 2.58 bits per heavy atom. The molecule has 2 nitrogen and oxygen atoms in total. The predicted octanol–water partition coefficient (Wildman–Crippen LogP) is 3.91. The van der Waals surface area contributed by atoms with Gasteiger partial charge in [0, 0.05) is 24.0 Å². The molecule has 0 aliphatic carbocycles. The van der Waals surface area contributed by atoms with Crippen LogP contribution in [0.25, 0.3) is 0 Å². The Bertz CT molecular complexity index is 456. The zero-order valence-electron chi connectivity index (χ0n) is 11.2. The normalized spacial score (nSPS) is 24.6.